The largest absolute Gasteiger partial charge is 0.494 e. The number of hydrogen-bond acceptors (Lipinski definition) is 2. The van der Waals surface area contributed by atoms with E-state index in [1.165, 1.54) is 12.1 Å². The maximum absolute atomic E-state index is 12.8. The van der Waals surface area contributed by atoms with Gasteiger partial charge in [0.2, 0.25) is 0 Å². The predicted octanol–water partition coefficient (Wildman–Crippen LogP) is 4.95. The fraction of sp³-hybridized carbons (Fsp3) is 0.333. The van der Waals surface area contributed by atoms with Crippen LogP contribution in [0.4, 0.5) is 13.2 Å². The molecule has 0 aliphatic rings. The molecule has 0 spiro atoms. The molecule has 0 saturated carbocycles. The number of hydrogen-bond donors (Lipinski definition) is 1. The van der Waals surface area contributed by atoms with Crippen LogP contribution < -0.4 is 10.1 Å². The van der Waals surface area contributed by atoms with E-state index in [2.05, 4.69) is 5.32 Å². The van der Waals surface area contributed by atoms with Gasteiger partial charge in [0.1, 0.15) is 5.75 Å². The third-order valence-corrected chi connectivity index (χ3v) is 3.54. The standard InChI is InChI=1S/C18H20F3NO/c1-3-23-17-9-4-6-14(10-17)12-22-13(2)15-7-5-8-16(11-15)18(19,20)21/h4-11,13,22H,3,12H2,1-2H3. The zero-order valence-corrected chi connectivity index (χ0v) is 13.2. The van der Waals surface area contributed by atoms with Gasteiger partial charge in [0.25, 0.3) is 0 Å². The Labute approximate surface area is 134 Å². The van der Waals surface area contributed by atoms with E-state index in [1.807, 2.05) is 38.1 Å². The Morgan fingerprint density at radius 2 is 1.83 bits per heavy atom. The van der Waals surface area contributed by atoms with E-state index < -0.39 is 11.7 Å². The van der Waals surface area contributed by atoms with Gasteiger partial charge in [-0.2, -0.15) is 13.2 Å². The maximum Gasteiger partial charge on any atom is 0.416 e. The van der Waals surface area contributed by atoms with E-state index in [4.69, 9.17) is 4.74 Å². The second-order valence-electron chi connectivity index (χ2n) is 5.31. The molecule has 0 fully saturated rings. The lowest BCUT2D eigenvalue weighted by Gasteiger charge is -2.16. The van der Waals surface area contributed by atoms with Gasteiger partial charge < -0.3 is 10.1 Å². The number of alkyl halides is 3. The number of benzene rings is 2. The van der Waals surface area contributed by atoms with Gasteiger partial charge in [-0.1, -0.05) is 24.3 Å². The van der Waals surface area contributed by atoms with E-state index in [1.54, 1.807) is 6.07 Å². The van der Waals surface area contributed by atoms with Gasteiger partial charge >= 0.3 is 6.18 Å². The highest BCUT2D eigenvalue weighted by Gasteiger charge is 2.30. The van der Waals surface area contributed by atoms with Crippen molar-refractivity contribution >= 4 is 0 Å². The van der Waals surface area contributed by atoms with Gasteiger partial charge in [-0.25, -0.2) is 0 Å². The van der Waals surface area contributed by atoms with Crippen LogP contribution in [-0.2, 0) is 12.7 Å². The molecule has 0 aliphatic carbocycles. The Morgan fingerprint density at radius 3 is 2.52 bits per heavy atom. The molecular formula is C18H20F3NO. The van der Waals surface area contributed by atoms with Crippen molar-refractivity contribution < 1.29 is 17.9 Å². The third-order valence-electron chi connectivity index (χ3n) is 3.54. The van der Waals surface area contributed by atoms with Crippen LogP contribution in [0.3, 0.4) is 0 Å². The van der Waals surface area contributed by atoms with Gasteiger partial charge in [-0.3, -0.25) is 0 Å². The van der Waals surface area contributed by atoms with Crippen LogP contribution in [0.2, 0.25) is 0 Å². The molecule has 2 aromatic carbocycles. The van der Waals surface area contributed by atoms with Gasteiger partial charge in [0.05, 0.1) is 12.2 Å². The Hall–Kier alpha value is -2.01. The Kier molecular flexibility index (Phi) is 5.66. The highest BCUT2D eigenvalue weighted by Crippen LogP contribution is 2.30. The zero-order chi connectivity index (χ0) is 16.9. The smallest absolute Gasteiger partial charge is 0.416 e. The number of rotatable bonds is 6. The Balaban J connectivity index is 2.02. The average molecular weight is 323 g/mol. The molecule has 0 aromatic heterocycles. The lowest BCUT2D eigenvalue weighted by molar-refractivity contribution is -0.137. The molecule has 1 atom stereocenters. The molecule has 1 N–H and O–H groups in total. The molecule has 2 nitrogen and oxygen atoms in total. The summed E-state index contributed by atoms with van der Waals surface area (Å²) in [5.41, 5.74) is 1.01. The lowest BCUT2D eigenvalue weighted by atomic mass is 10.0. The highest BCUT2D eigenvalue weighted by molar-refractivity contribution is 5.30. The number of halogens is 3. The summed E-state index contributed by atoms with van der Waals surface area (Å²) < 4.78 is 43.7. The highest BCUT2D eigenvalue weighted by atomic mass is 19.4. The SMILES string of the molecule is CCOc1cccc(CNC(C)c2cccc(C(F)(F)F)c2)c1. The topological polar surface area (TPSA) is 21.3 Å². The van der Waals surface area contributed by atoms with Crippen molar-refractivity contribution in [3.63, 3.8) is 0 Å². The second kappa shape index (κ2) is 7.51. The van der Waals surface area contributed by atoms with Gasteiger partial charge in [-0.15, -0.1) is 0 Å². The van der Waals surface area contributed by atoms with E-state index in [-0.39, 0.29) is 6.04 Å². The van der Waals surface area contributed by atoms with Crippen molar-refractivity contribution in [3.05, 3.63) is 65.2 Å². The predicted molar refractivity (Wildman–Crippen MR) is 84.3 cm³/mol. The lowest BCUT2D eigenvalue weighted by Crippen LogP contribution is -2.18. The molecule has 0 heterocycles. The number of ether oxygens (including phenoxy) is 1. The third kappa shape index (κ3) is 4.99. The quantitative estimate of drug-likeness (QED) is 0.812. The summed E-state index contributed by atoms with van der Waals surface area (Å²) in [6.07, 6.45) is -4.32. The zero-order valence-electron chi connectivity index (χ0n) is 13.2. The first-order chi connectivity index (χ1) is 10.9. The Morgan fingerprint density at radius 1 is 1.09 bits per heavy atom. The van der Waals surface area contributed by atoms with Crippen molar-refractivity contribution in [1.82, 2.24) is 5.32 Å². The fourth-order valence-corrected chi connectivity index (χ4v) is 2.29. The Bertz CT molecular complexity index is 640. The van der Waals surface area contributed by atoms with Crippen LogP contribution in [0.15, 0.2) is 48.5 Å². The summed E-state index contributed by atoms with van der Waals surface area (Å²) in [5.74, 6) is 0.790. The number of nitrogens with one attached hydrogen (secondary N) is 1. The average Bonchev–Trinajstić information content (AvgIpc) is 2.53. The van der Waals surface area contributed by atoms with Crippen molar-refractivity contribution in [2.24, 2.45) is 0 Å². The van der Waals surface area contributed by atoms with E-state index in [0.717, 1.165) is 17.4 Å². The summed E-state index contributed by atoms with van der Waals surface area (Å²) in [6.45, 7) is 4.92. The van der Waals surface area contributed by atoms with Crippen LogP contribution in [0.1, 0.15) is 36.6 Å². The minimum atomic E-state index is -4.32. The molecule has 2 rings (SSSR count). The van der Waals surface area contributed by atoms with Crippen molar-refractivity contribution in [2.75, 3.05) is 6.61 Å². The molecule has 0 radical (unpaired) electrons. The first kappa shape index (κ1) is 17.3. The van der Waals surface area contributed by atoms with E-state index >= 15 is 0 Å². The first-order valence-electron chi connectivity index (χ1n) is 7.52. The second-order valence-corrected chi connectivity index (χ2v) is 5.31. The molecule has 0 saturated heterocycles. The monoisotopic (exact) mass is 323 g/mol. The fourth-order valence-electron chi connectivity index (χ4n) is 2.29. The maximum atomic E-state index is 12.8. The van der Waals surface area contributed by atoms with Gasteiger partial charge in [-0.05, 0) is 49.2 Å². The van der Waals surface area contributed by atoms with Crippen LogP contribution >= 0.6 is 0 Å². The summed E-state index contributed by atoms with van der Waals surface area (Å²) in [5, 5.41) is 3.24. The molecule has 23 heavy (non-hydrogen) atoms. The molecule has 2 aromatic rings. The van der Waals surface area contributed by atoms with Crippen molar-refractivity contribution in [1.29, 1.82) is 0 Å². The molecule has 0 amide bonds. The minimum absolute atomic E-state index is 0.187. The molecule has 0 bridgehead atoms. The van der Waals surface area contributed by atoms with Crippen LogP contribution in [0.25, 0.3) is 0 Å². The van der Waals surface area contributed by atoms with Crippen molar-refractivity contribution in [2.45, 2.75) is 32.6 Å². The molecule has 1 unspecified atom stereocenters. The van der Waals surface area contributed by atoms with Crippen molar-refractivity contribution in [3.8, 4) is 5.75 Å². The molecule has 5 heteroatoms. The van der Waals surface area contributed by atoms with Crippen LogP contribution in [-0.4, -0.2) is 6.61 Å². The normalized spacial score (nSPS) is 12.9. The minimum Gasteiger partial charge on any atom is -0.494 e. The summed E-state index contributed by atoms with van der Waals surface area (Å²) >= 11 is 0. The molecular weight excluding hydrogens is 303 g/mol. The van der Waals surface area contributed by atoms with Gasteiger partial charge in [0, 0.05) is 12.6 Å². The van der Waals surface area contributed by atoms with Crippen LogP contribution in [0, 0.1) is 0 Å². The van der Waals surface area contributed by atoms with E-state index in [9.17, 15) is 13.2 Å². The molecule has 124 valence electrons. The molecule has 0 aliphatic heterocycles. The summed E-state index contributed by atoms with van der Waals surface area (Å²) in [7, 11) is 0. The van der Waals surface area contributed by atoms with E-state index in [0.29, 0.717) is 18.7 Å². The van der Waals surface area contributed by atoms with Gasteiger partial charge in [0.15, 0.2) is 0 Å². The first-order valence-corrected chi connectivity index (χ1v) is 7.52. The van der Waals surface area contributed by atoms with Crippen LogP contribution in [0.5, 0.6) is 5.75 Å². The summed E-state index contributed by atoms with van der Waals surface area (Å²) in [4.78, 5) is 0. The summed E-state index contributed by atoms with van der Waals surface area (Å²) in [6, 6.07) is 12.9.